The van der Waals surface area contributed by atoms with Gasteiger partial charge in [-0.05, 0) is 32.1 Å². The maximum atomic E-state index is 12.9. The minimum absolute atomic E-state index is 0.0237. The van der Waals surface area contributed by atoms with Crippen LogP contribution in [0.4, 0.5) is 0 Å². The molecule has 20 heavy (non-hydrogen) atoms. The fraction of sp³-hybridized carbons (Fsp3) is 0.875. The SMILES string of the molecule is CCCC(C)N1C(=O)C(C)(CC)NC(=O)C1C(C)(C)C. The third-order valence-corrected chi connectivity index (χ3v) is 4.34. The molecule has 0 aromatic heterocycles. The van der Waals surface area contributed by atoms with Gasteiger partial charge in [0.1, 0.15) is 11.6 Å². The van der Waals surface area contributed by atoms with Crippen LogP contribution in [-0.2, 0) is 9.59 Å². The summed E-state index contributed by atoms with van der Waals surface area (Å²) in [7, 11) is 0. The van der Waals surface area contributed by atoms with Crippen molar-refractivity contribution < 1.29 is 9.59 Å². The van der Waals surface area contributed by atoms with E-state index in [1.807, 2.05) is 39.5 Å². The molecule has 116 valence electrons. The monoisotopic (exact) mass is 282 g/mol. The van der Waals surface area contributed by atoms with E-state index in [1.54, 1.807) is 0 Å². The summed E-state index contributed by atoms with van der Waals surface area (Å²) in [5.74, 6) is 0.0323. The van der Waals surface area contributed by atoms with Crippen molar-refractivity contribution in [1.82, 2.24) is 10.2 Å². The van der Waals surface area contributed by atoms with Gasteiger partial charge in [0.15, 0.2) is 0 Å². The number of piperazine rings is 1. The van der Waals surface area contributed by atoms with E-state index in [0.717, 1.165) is 12.8 Å². The number of nitrogens with zero attached hydrogens (tertiary/aromatic N) is 1. The molecular formula is C16H30N2O2. The normalized spacial score (nSPS) is 29.4. The Morgan fingerprint density at radius 3 is 2.25 bits per heavy atom. The number of carbonyl (C=O) groups excluding carboxylic acids is 2. The van der Waals surface area contributed by atoms with Gasteiger partial charge in [0.2, 0.25) is 11.8 Å². The highest BCUT2D eigenvalue weighted by molar-refractivity contribution is 6.00. The average molecular weight is 282 g/mol. The Balaban J connectivity index is 3.24. The molecule has 1 aliphatic heterocycles. The summed E-state index contributed by atoms with van der Waals surface area (Å²) >= 11 is 0. The minimum Gasteiger partial charge on any atom is -0.340 e. The Hall–Kier alpha value is -1.06. The van der Waals surface area contributed by atoms with Crippen LogP contribution in [0.2, 0.25) is 0 Å². The first kappa shape index (κ1) is 17.0. The van der Waals surface area contributed by atoms with Crippen LogP contribution >= 0.6 is 0 Å². The predicted molar refractivity (Wildman–Crippen MR) is 81.3 cm³/mol. The van der Waals surface area contributed by atoms with Crippen LogP contribution in [0.15, 0.2) is 0 Å². The third-order valence-electron chi connectivity index (χ3n) is 4.34. The van der Waals surface area contributed by atoms with Gasteiger partial charge in [0.25, 0.3) is 0 Å². The fourth-order valence-corrected chi connectivity index (χ4v) is 2.98. The molecule has 1 fully saturated rings. The second-order valence-electron chi connectivity index (χ2n) is 7.29. The summed E-state index contributed by atoms with van der Waals surface area (Å²) in [5.41, 5.74) is -1.03. The lowest BCUT2D eigenvalue weighted by Crippen LogP contribution is -2.73. The third kappa shape index (κ3) is 2.99. The van der Waals surface area contributed by atoms with E-state index in [0.29, 0.717) is 6.42 Å². The zero-order valence-electron chi connectivity index (χ0n) is 14.0. The molecule has 0 aromatic rings. The lowest BCUT2D eigenvalue weighted by molar-refractivity contribution is -0.162. The first-order valence-corrected chi connectivity index (χ1v) is 7.73. The summed E-state index contributed by atoms with van der Waals surface area (Å²) in [5, 5.41) is 2.95. The lowest BCUT2D eigenvalue weighted by Gasteiger charge is -2.50. The van der Waals surface area contributed by atoms with Crippen molar-refractivity contribution in [3.8, 4) is 0 Å². The Labute approximate surface area is 123 Å². The van der Waals surface area contributed by atoms with E-state index in [2.05, 4.69) is 19.2 Å². The fourth-order valence-electron chi connectivity index (χ4n) is 2.98. The smallest absolute Gasteiger partial charge is 0.248 e. The molecule has 0 saturated carbocycles. The maximum Gasteiger partial charge on any atom is 0.248 e. The topological polar surface area (TPSA) is 49.4 Å². The number of nitrogens with one attached hydrogen (secondary N) is 1. The summed E-state index contributed by atoms with van der Waals surface area (Å²) < 4.78 is 0. The molecule has 0 bridgehead atoms. The highest BCUT2D eigenvalue weighted by Crippen LogP contribution is 2.33. The number of hydrogen-bond acceptors (Lipinski definition) is 2. The second kappa shape index (κ2) is 5.74. The Morgan fingerprint density at radius 2 is 1.85 bits per heavy atom. The van der Waals surface area contributed by atoms with Crippen LogP contribution in [0, 0.1) is 5.41 Å². The Morgan fingerprint density at radius 1 is 1.30 bits per heavy atom. The van der Waals surface area contributed by atoms with E-state index < -0.39 is 11.6 Å². The van der Waals surface area contributed by atoms with Crippen LogP contribution in [0.25, 0.3) is 0 Å². The van der Waals surface area contributed by atoms with E-state index in [-0.39, 0.29) is 23.3 Å². The van der Waals surface area contributed by atoms with Crippen LogP contribution in [0.1, 0.15) is 67.7 Å². The van der Waals surface area contributed by atoms with Crippen molar-refractivity contribution in [3.63, 3.8) is 0 Å². The van der Waals surface area contributed by atoms with Gasteiger partial charge in [-0.25, -0.2) is 0 Å². The molecule has 0 aromatic carbocycles. The molecule has 1 N–H and O–H groups in total. The number of hydrogen-bond donors (Lipinski definition) is 1. The number of amides is 2. The van der Waals surface area contributed by atoms with Gasteiger partial charge in [0.05, 0.1) is 0 Å². The molecule has 2 amide bonds. The lowest BCUT2D eigenvalue weighted by atomic mass is 9.79. The molecule has 4 nitrogen and oxygen atoms in total. The summed E-state index contributed by atoms with van der Waals surface area (Å²) in [4.78, 5) is 27.3. The summed E-state index contributed by atoms with van der Waals surface area (Å²) in [6.45, 7) is 14.0. The van der Waals surface area contributed by atoms with Gasteiger partial charge in [0, 0.05) is 6.04 Å². The van der Waals surface area contributed by atoms with Crippen molar-refractivity contribution in [1.29, 1.82) is 0 Å². The molecule has 1 saturated heterocycles. The van der Waals surface area contributed by atoms with Gasteiger partial charge in [-0.3, -0.25) is 9.59 Å². The van der Waals surface area contributed by atoms with Gasteiger partial charge in [-0.15, -0.1) is 0 Å². The Bertz CT molecular complexity index is 386. The van der Waals surface area contributed by atoms with E-state index >= 15 is 0 Å². The van der Waals surface area contributed by atoms with Crippen LogP contribution in [-0.4, -0.2) is 34.3 Å². The van der Waals surface area contributed by atoms with Gasteiger partial charge >= 0.3 is 0 Å². The van der Waals surface area contributed by atoms with Gasteiger partial charge in [-0.1, -0.05) is 41.0 Å². The van der Waals surface area contributed by atoms with Crippen molar-refractivity contribution in [2.75, 3.05) is 0 Å². The molecule has 3 atom stereocenters. The van der Waals surface area contributed by atoms with Crippen LogP contribution in [0.3, 0.4) is 0 Å². The quantitative estimate of drug-likeness (QED) is 0.862. The molecule has 0 aliphatic carbocycles. The van der Waals surface area contributed by atoms with Gasteiger partial charge < -0.3 is 10.2 Å². The largest absolute Gasteiger partial charge is 0.340 e. The highest BCUT2D eigenvalue weighted by atomic mass is 16.2. The standard InChI is InChI=1S/C16H30N2O2/c1-8-10-11(3)18-12(15(4,5)6)13(19)17-16(7,9-2)14(18)20/h11-12H,8-10H2,1-7H3,(H,17,19). The molecule has 0 radical (unpaired) electrons. The van der Waals surface area contributed by atoms with Crippen LogP contribution in [0.5, 0.6) is 0 Å². The average Bonchev–Trinajstić information content (AvgIpc) is 2.32. The predicted octanol–water partition coefficient (Wildman–Crippen LogP) is 2.72. The molecule has 4 heteroatoms. The molecule has 0 spiro atoms. The van der Waals surface area contributed by atoms with Crippen molar-refractivity contribution >= 4 is 11.8 Å². The molecule has 1 heterocycles. The van der Waals surface area contributed by atoms with E-state index in [1.165, 1.54) is 0 Å². The van der Waals surface area contributed by atoms with Crippen LogP contribution < -0.4 is 5.32 Å². The molecular weight excluding hydrogens is 252 g/mol. The molecule has 1 aliphatic rings. The first-order chi connectivity index (χ1) is 9.08. The zero-order chi connectivity index (χ0) is 15.7. The second-order valence-corrected chi connectivity index (χ2v) is 7.29. The summed E-state index contributed by atoms with van der Waals surface area (Å²) in [6.07, 6.45) is 2.54. The van der Waals surface area contributed by atoms with Crippen molar-refractivity contribution in [3.05, 3.63) is 0 Å². The minimum atomic E-state index is -0.763. The van der Waals surface area contributed by atoms with E-state index in [9.17, 15) is 9.59 Å². The number of carbonyl (C=O) groups is 2. The van der Waals surface area contributed by atoms with Crippen molar-refractivity contribution in [2.24, 2.45) is 5.41 Å². The first-order valence-electron chi connectivity index (χ1n) is 7.73. The highest BCUT2D eigenvalue weighted by Gasteiger charge is 2.51. The summed E-state index contributed by atoms with van der Waals surface area (Å²) in [6, 6.07) is -0.301. The van der Waals surface area contributed by atoms with Crippen molar-refractivity contribution in [2.45, 2.75) is 85.4 Å². The zero-order valence-corrected chi connectivity index (χ0v) is 14.0. The Kier molecular flexibility index (Phi) is 4.88. The molecule has 3 unspecified atom stereocenters. The molecule has 1 rings (SSSR count). The number of rotatable bonds is 4. The van der Waals surface area contributed by atoms with Gasteiger partial charge in [-0.2, -0.15) is 0 Å². The maximum absolute atomic E-state index is 12.9. The van der Waals surface area contributed by atoms with E-state index in [4.69, 9.17) is 0 Å².